The molecule has 4 rings (SSSR count). The first-order valence-electron chi connectivity index (χ1n) is 12.1. The van der Waals surface area contributed by atoms with Crippen molar-refractivity contribution in [1.29, 1.82) is 5.26 Å². The standard InChI is InChI=1S/C26H33N5O4S/c1-17(2)25(36(33)34)18-7-9-30(10-8-18)23-6-5-19(13-28-23)22-11-21(35-16-26(3,4)32)15-31-24(22)20(12-27)14-29-31/h5-6,11,13-15,17-18,25,32H,7-10,16H2,1-4H3,(H,33,34). The molecule has 10 heteroatoms. The second-order valence-electron chi connectivity index (χ2n) is 10.4. The lowest BCUT2D eigenvalue weighted by molar-refractivity contribution is 0.0283. The van der Waals surface area contributed by atoms with Crippen LogP contribution in [0.2, 0.25) is 0 Å². The van der Waals surface area contributed by atoms with Crippen molar-refractivity contribution >= 4 is 22.4 Å². The third kappa shape index (κ3) is 5.69. The number of ether oxygens (including phenoxy) is 1. The zero-order valence-electron chi connectivity index (χ0n) is 21.1. The Hall–Kier alpha value is -3.00. The summed E-state index contributed by atoms with van der Waals surface area (Å²) in [5, 5.41) is 23.7. The lowest BCUT2D eigenvalue weighted by Gasteiger charge is -2.36. The predicted molar refractivity (Wildman–Crippen MR) is 139 cm³/mol. The van der Waals surface area contributed by atoms with Crippen LogP contribution < -0.4 is 9.64 Å². The topological polar surface area (TPSA) is 124 Å². The van der Waals surface area contributed by atoms with Crippen LogP contribution in [0.15, 0.2) is 36.8 Å². The van der Waals surface area contributed by atoms with E-state index in [-0.39, 0.29) is 23.7 Å². The van der Waals surface area contributed by atoms with Crippen molar-refractivity contribution < 1.29 is 18.6 Å². The summed E-state index contributed by atoms with van der Waals surface area (Å²) >= 11 is -1.82. The van der Waals surface area contributed by atoms with Crippen molar-refractivity contribution in [2.75, 3.05) is 24.6 Å². The molecule has 0 aromatic carbocycles. The Morgan fingerprint density at radius 1 is 1.28 bits per heavy atom. The first-order valence-corrected chi connectivity index (χ1v) is 13.3. The number of rotatable bonds is 8. The second kappa shape index (κ2) is 10.5. The summed E-state index contributed by atoms with van der Waals surface area (Å²) in [5.41, 5.74) is 1.71. The Kier molecular flexibility index (Phi) is 7.64. The van der Waals surface area contributed by atoms with Crippen LogP contribution in [0.4, 0.5) is 5.82 Å². The van der Waals surface area contributed by atoms with Crippen molar-refractivity contribution in [1.82, 2.24) is 14.6 Å². The van der Waals surface area contributed by atoms with E-state index < -0.39 is 16.7 Å². The quantitative estimate of drug-likeness (QED) is 0.437. The second-order valence-corrected chi connectivity index (χ2v) is 11.5. The summed E-state index contributed by atoms with van der Waals surface area (Å²) in [7, 11) is 0. The molecule has 192 valence electrons. The third-order valence-corrected chi connectivity index (χ3v) is 7.97. The molecule has 4 heterocycles. The molecule has 2 unspecified atom stereocenters. The monoisotopic (exact) mass is 511 g/mol. The van der Waals surface area contributed by atoms with E-state index in [1.165, 1.54) is 6.20 Å². The van der Waals surface area contributed by atoms with Gasteiger partial charge in [-0.05, 0) is 56.7 Å². The van der Waals surface area contributed by atoms with Crippen LogP contribution in [-0.4, -0.2) is 59.0 Å². The zero-order chi connectivity index (χ0) is 26.0. The van der Waals surface area contributed by atoms with E-state index in [1.807, 2.05) is 32.0 Å². The van der Waals surface area contributed by atoms with Crippen LogP contribution >= 0.6 is 0 Å². The number of hydrogen-bond donors (Lipinski definition) is 2. The van der Waals surface area contributed by atoms with Gasteiger partial charge in [0.2, 0.25) is 0 Å². The number of anilines is 1. The Labute approximate surface area is 214 Å². The summed E-state index contributed by atoms with van der Waals surface area (Å²) in [6.07, 6.45) is 6.70. The summed E-state index contributed by atoms with van der Waals surface area (Å²) in [5.74, 6) is 1.76. The van der Waals surface area contributed by atoms with Crippen LogP contribution in [0.3, 0.4) is 0 Å². The molecule has 1 fully saturated rings. The maximum absolute atomic E-state index is 11.8. The van der Waals surface area contributed by atoms with Crippen LogP contribution in [0.1, 0.15) is 46.1 Å². The van der Waals surface area contributed by atoms with Crippen molar-refractivity contribution in [3.63, 3.8) is 0 Å². The van der Waals surface area contributed by atoms with Gasteiger partial charge >= 0.3 is 0 Å². The molecule has 36 heavy (non-hydrogen) atoms. The molecule has 0 bridgehead atoms. The van der Waals surface area contributed by atoms with E-state index >= 15 is 0 Å². The Morgan fingerprint density at radius 3 is 2.56 bits per heavy atom. The van der Waals surface area contributed by atoms with Gasteiger partial charge < -0.3 is 19.3 Å². The van der Waals surface area contributed by atoms with Gasteiger partial charge in [-0.3, -0.25) is 0 Å². The molecular formula is C26H33N5O4S. The molecule has 9 nitrogen and oxygen atoms in total. The molecule has 0 spiro atoms. The molecule has 3 aromatic rings. The van der Waals surface area contributed by atoms with Gasteiger partial charge in [-0.15, -0.1) is 0 Å². The molecule has 1 aliphatic rings. The van der Waals surface area contributed by atoms with Gasteiger partial charge in [0.1, 0.15) is 24.2 Å². The van der Waals surface area contributed by atoms with Gasteiger partial charge in [-0.2, -0.15) is 10.4 Å². The molecule has 0 aliphatic carbocycles. The highest BCUT2D eigenvalue weighted by Gasteiger charge is 2.32. The molecule has 0 saturated carbocycles. The number of nitrogens with zero attached hydrogens (tertiary/aromatic N) is 5. The summed E-state index contributed by atoms with van der Waals surface area (Å²) in [6, 6.07) is 7.97. The maximum Gasteiger partial charge on any atom is 0.156 e. The molecule has 0 radical (unpaired) electrons. The largest absolute Gasteiger partial charge is 0.489 e. The van der Waals surface area contributed by atoms with E-state index in [2.05, 4.69) is 16.1 Å². The minimum atomic E-state index is -1.82. The zero-order valence-corrected chi connectivity index (χ0v) is 21.9. The lowest BCUT2D eigenvalue weighted by Crippen LogP contribution is -2.41. The lowest BCUT2D eigenvalue weighted by atomic mass is 9.88. The molecule has 3 aromatic heterocycles. The van der Waals surface area contributed by atoms with Gasteiger partial charge in [-0.1, -0.05) is 13.8 Å². The summed E-state index contributed by atoms with van der Waals surface area (Å²) in [6.45, 7) is 9.03. The molecular weight excluding hydrogens is 478 g/mol. The van der Waals surface area contributed by atoms with Gasteiger partial charge in [0, 0.05) is 30.4 Å². The Morgan fingerprint density at radius 2 is 2.00 bits per heavy atom. The number of nitriles is 1. The predicted octanol–water partition coefficient (Wildman–Crippen LogP) is 3.88. The van der Waals surface area contributed by atoms with Crippen molar-refractivity contribution in [2.45, 2.75) is 51.4 Å². The summed E-state index contributed by atoms with van der Waals surface area (Å²) < 4.78 is 29.0. The molecule has 0 amide bonds. The Bertz CT molecular complexity index is 1270. The molecule has 2 atom stereocenters. The van der Waals surface area contributed by atoms with E-state index in [9.17, 15) is 19.1 Å². The number of fused-ring (bicyclic) bond motifs is 1. The highest BCUT2D eigenvalue weighted by molar-refractivity contribution is 7.79. The average Bonchev–Trinajstić information content (AvgIpc) is 3.25. The van der Waals surface area contributed by atoms with E-state index in [0.29, 0.717) is 16.8 Å². The number of pyridine rings is 2. The van der Waals surface area contributed by atoms with Gasteiger partial charge in [0.25, 0.3) is 0 Å². The van der Waals surface area contributed by atoms with Crippen LogP contribution in [0.25, 0.3) is 16.6 Å². The SMILES string of the molecule is CC(C)C(C1CCN(c2ccc(-c3cc(OCC(C)(C)O)cn4ncc(C#N)c34)cn2)CC1)S(=O)O. The van der Waals surface area contributed by atoms with Gasteiger partial charge in [0.15, 0.2) is 11.1 Å². The van der Waals surface area contributed by atoms with Crippen LogP contribution in [0, 0.1) is 23.2 Å². The Balaban J connectivity index is 1.57. The fraction of sp³-hybridized carbons (Fsp3) is 0.500. The average molecular weight is 512 g/mol. The normalized spacial score (nSPS) is 16.8. The van der Waals surface area contributed by atoms with E-state index in [1.54, 1.807) is 30.8 Å². The van der Waals surface area contributed by atoms with E-state index in [0.717, 1.165) is 42.9 Å². The fourth-order valence-corrected chi connectivity index (χ4v) is 5.94. The molecule has 2 N–H and O–H groups in total. The van der Waals surface area contributed by atoms with Crippen LogP contribution in [0.5, 0.6) is 5.75 Å². The summed E-state index contributed by atoms with van der Waals surface area (Å²) in [4.78, 5) is 6.91. The minimum absolute atomic E-state index is 0.110. The number of aliphatic hydroxyl groups is 1. The molecule has 1 saturated heterocycles. The maximum atomic E-state index is 11.8. The smallest absolute Gasteiger partial charge is 0.156 e. The van der Waals surface area contributed by atoms with Crippen LogP contribution in [-0.2, 0) is 11.1 Å². The fourth-order valence-electron chi connectivity index (χ4n) is 4.87. The third-order valence-electron chi connectivity index (χ3n) is 6.58. The first kappa shape index (κ1) is 26.1. The number of piperidine rings is 1. The number of hydrogen-bond acceptors (Lipinski definition) is 7. The van der Waals surface area contributed by atoms with Crippen molar-refractivity contribution in [3.8, 4) is 22.9 Å². The van der Waals surface area contributed by atoms with E-state index in [4.69, 9.17) is 9.72 Å². The van der Waals surface area contributed by atoms with Crippen molar-refractivity contribution in [2.24, 2.45) is 11.8 Å². The highest BCUT2D eigenvalue weighted by Crippen LogP contribution is 2.33. The van der Waals surface area contributed by atoms with Gasteiger partial charge in [-0.25, -0.2) is 13.7 Å². The molecule has 1 aliphatic heterocycles. The van der Waals surface area contributed by atoms with Gasteiger partial charge in [0.05, 0.1) is 34.3 Å². The minimum Gasteiger partial charge on any atom is -0.489 e. The first-order chi connectivity index (χ1) is 17.1. The van der Waals surface area contributed by atoms with Crippen molar-refractivity contribution in [3.05, 3.63) is 42.4 Å². The highest BCUT2D eigenvalue weighted by atomic mass is 32.2. The number of aromatic nitrogens is 3.